The van der Waals surface area contributed by atoms with Crippen molar-refractivity contribution in [3.05, 3.63) is 17.7 Å². The second-order valence-corrected chi connectivity index (χ2v) is 7.44. The van der Waals surface area contributed by atoms with Gasteiger partial charge >= 0.3 is 0 Å². The summed E-state index contributed by atoms with van der Waals surface area (Å²) in [4.78, 5) is 9.62. The van der Waals surface area contributed by atoms with Crippen LogP contribution >= 0.6 is 0 Å². The lowest BCUT2D eigenvalue weighted by molar-refractivity contribution is 0.144. The molecule has 1 heterocycles. The van der Waals surface area contributed by atoms with Gasteiger partial charge in [0.1, 0.15) is 0 Å². The number of ether oxygens (including phenoxy) is 4. The van der Waals surface area contributed by atoms with Gasteiger partial charge in [0.2, 0.25) is 5.75 Å². The van der Waals surface area contributed by atoms with E-state index < -0.39 is 0 Å². The van der Waals surface area contributed by atoms with Crippen molar-refractivity contribution in [1.29, 1.82) is 0 Å². The molecule has 0 atom stereocenters. The molecule has 8 heteroatoms. The van der Waals surface area contributed by atoms with Gasteiger partial charge in [0.25, 0.3) is 0 Å². The van der Waals surface area contributed by atoms with E-state index in [1.54, 1.807) is 21.3 Å². The number of hydrogen-bond donors (Lipinski definition) is 1. The maximum atomic E-state index is 5.49. The second kappa shape index (κ2) is 14.0. The van der Waals surface area contributed by atoms with E-state index >= 15 is 0 Å². The molecule has 0 amide bonds. The van der Waals surface area contributed by atoms with Crippen molar-refractivity contribution >= 4 is 5.96 Å². The molecule has 1 saturated heterocycles. The quantitative estimate of drug-likeness (QED) is 0.307. The minimum Gasteiger partial charge on any atom is -0.493 e. The summed E-state index contributed by atoms with van der Waals surface area (Å²) in [6.07, 6.45) is 2.11. The van der Waals surface area contributed by atoms with Gasteiger partial charge in [0.15, 0.2) is 17.5 Å². The van der Waals surface area contributed by atoms with Gasteiger partial charge in [0.05, 0.1) is 21.3 Å². The van der Waals surface area contributed by atoms with Crippen molar-refractivity contribution in [2.75, 3.05) is 73.8 Å². The fourth-order valence-corrected chi connectivity index (χ4v) is 3.67. The maximum absolute atomic E-state index is 5.49. The number of piperazine rings is 1. The van der Waals surface area contributed by atoms with Crippen LogP contribution in [0.15, 0.2) is 17.1 Å². The Hall–Kier alpha value is -2.19. The van der Waals surface area contributed by atoms with E-state index in [2.05, 4.69) is 22.0 Å². The van der Waals surface area contributed by atoms with Gasteiger partial charge in [-0.05, 0) is 44.4 Å². The molecule has 0 radical (unpaired) electrons. The average molecular weight is 437 g/mol. The zero-order valence-electron chi connectivity index (χ0n) is 19.9. The van der Waals surface area contributed by atoms with E-state index in [1.165, 1.54) is 0 Å². The molecular formula is C23H40N4O4. The summed E-state index contributed by atoms with van der Waals surface area (Å²) in [5, 5.41) is 3.44. The molecule has 2 rings (SSSR count). The normalized spacial score (nSPS) is 15.1. The molecule has 0 aromatic heterocycles. The molecule has 8 nitrogen and oxygen atoms in total. The van der Waals surface area contributed by atoms with Crippen molar-refractivity contribution in [1.82, 2.24) is 15.1 Å². The predicted molar refractivity (Wildman–Crippen MR) is 125 cm³/mol. The number of unbranched alkanes of at least 4 members (excludes halogenated alkanes) is 1. The first kappa shape index (κ1) is 25.1. The van der Waals surface area contributed by atoms with E-state index in [-0.39, 0.29) is 0 Å². The number of methoxy groups -OCH3 is 3. The first-order valence-corrected chi connectivity index (χ1v) is 11.3. The summed E-state index contributed by atoms with van der Waals surface area (Å²) in [5.41, 5.74) is 1.15. The number of rotatable bonds is 12. The predicted octanol–water partition coefficient (Wildman–Crippen LogP) is 2.61. The minimum absolute atomic E-state index is 0.631. The van der Waals surface area contributed by atoms with E-state index in [0.717, 1.165) is 83.4 Å². The van der Waals surface area contributed by atoms with Gasteiger partial charge in [-0.1, -0.05) is 0 Å². The Labute approximate surface area is 187 Å². The molecule has 1 N–H and O–H groups in total. The number of nitrogens with one attached hydrogen (secondary N) is 1. The van der Waals surface area contributed by atoms with Gasteiger partial charge in [0, 0.05) is 59.0 Å². The van der Waals surface area contributed by atoms with Crippen LogP contribution in [0.4, 0.5) is 0 Å². The largest absolute Gasteiger partial charge is 0.493 e. The highest BCUT2D eigenvalue weighted by Crippen LogP contribution is 2.38. The number of nitrogens with zero attached hydrogens (tertiary/aromatic N) is 3. The molecule has 176 valence electrons. The lowest BCUT2D eigenvalue weighted by Crippen LogP contribution is -2.52. The summed E-state index contributed by atoms with van der Waals surface area (Å²) < 4.78 is 21.8. The van der Waals surface area contributed by atoms with Gasteiger partial charge < -0.3 is 29.2 Å². The van der Waals surface area contributed by atoms with E-state index in [0.29, 0.717) is 17.2 Å². The molecule has 0 aliphatic carbocycles. The molecule has 1 fully saturated rings. The van der Waals surface area contributed by atoms with E-state index in [9.17, 15) is 0 Å². The third kappa shape index (κ3) is 7.78. The number of hydrogen-bond acceptors (Lipinski definition) is 6. The summed E-state index contributed by atoms with van der Waals surface area (Å²) in [6.45, 7) is 12.2. The van der Waals surface area contributed by atoms with Gasteiger partial charge in [-0.3, -0.25) is 9.89 Å². The summed E-state index contributed by atoms with van der Waals surface area (Å²) >= 11 is 0. The van der Waals surface area contributed by atoms with E-state index in [4.69, 9.17) is 23.9 Å². The summed E-state index contributed by atoms with van der Waals surface area (Å²) in [7, 11) is 4.93. The lowest BCUT2D eigenvalue weighted by atomic mass is 10.1. The monoisotopic (exact) mass is 436 g/mol. The van der Waals surface area contributed by atoms with Crippen LogP contribution in [0, 0.1) is 0 Å². The average Bonchev–Trinajstić information content (AvgIpc) is 2.80. The van der Waals surface area contributed by atoms with Gasteiger partial charge in [-0.25, -0.2) is 0 Å². The van der Waals surface area contributed by atoms with Crippen LogP contribution in [0.3, 0.4) is 0 Å². The van der Waals surface area contributed by atoms with Crippen molar-refractivity contribution < 1.29 is 18.9 Å². The van der Waals surface area contributed by atoms with Crippen LogP contribution in [0.2, 0.25) is 0 Å². The molecule has 1 aromatic carbocycles. The Balaban J connectivity index is 1.90. The van der Waals surface area contributed by atoms with Crippen molar-refractivity contribution in [3.8, 4) is 17.2 Å². The zero-order chi connectivity index (χ0) is 22.5. The fraction of sp³-hybridized carbons (Fsp3) is 0.696. The van der Waals surface area contributed by atoms with Crippen molar-refractivity contribution in [2.24, 2.45) is 4.99 Å². The molecule has 1 aromatic rings. The van der Waals surface area contributed by atoms with Gasteiger partial charge in [-0.2, -0.15) is 0 Å². The maximum Gasteiger partial charge on any atom is 0.203 e. The Morgan fingerprint density at radius 1 is 0.968 bits per heavy atom. The standard InChI is InChI=1S/C23H40N4O4/c1-6-24-23(25-10-8-9-15-31-7-2)27-13-11-26(12-14-27)18-19-16-20(28-3)22(30-5)21(17-19)29-4/h16-17H,6-15,18H2,1-5H3,(H,24,25). The molecule has 0 saturated carbocycles. The number of aliphatic imine (C=N–C) groups is 1. The smallest absolute Gasteiger partial charge is 0.203 e. The lowest BCUT2D eigenvalue weighted by Gasteiger charge is -2.36. The second-order valence-electron chi connectivity index (χ2n) is 7.44. The summed E-state index contributed by atoms with van der Waals surface area (Å²) in [6, 6.07) is 4.06. The third-order valence-electron chi connectivity index (χ3n) is 5.30. The third-order valence-corrected chi connectivity index (χ3v) is 5.30. The Morgan fingerprint density at radius 2 is 1.65 bits per heavy atom. The Morgan fingerprint density at radius 3 is 2.19 bits per heavy atom. The topological polar surface area (TPSA) is 67.8 Å². The molecule has 1 aliphatic heterocycles. The van der Waals surface area contributed by atoms with Crippen LogP contribution in [-0.4, -0.2) is 89.6 Å². The number of guanidine groups is 1. The zero-order valence-corrected chi connectivity index (χ0v) is 19.9. The molecule has 0 unspecified atom stereocenters. The molecular weight excluding hydrogens is 396 g/mol. The molecule has 31 heavy (non-hydrogen) atoms. The molecule has 0 bridgehead atoms. The van der Waals surface area contributed by atoms with Crippen LogP contribution in [0.25, 0.3) is 0 Å². The van der Waals surface area contributed by atoms with Gasteiger partial charge in [-0.15, -0.1) is 0 Å². The SMILES string of the molecule is CCNC(=NCCCCOCC)N1CCN(Cc2cc(OC)c(OC)c(OC)c2)CC1. The van der Waals surface area contributed by atoms with E-state index in [1.807, 2.05) is 19.1 Å². The van der Waals surface area contributed by atoms with Crippen LogP contribution in [0.5, 0.6) is 17.2 Å². The first-order valence-electron chi connectivity index (χ1n) is 11.3. The Kier molecular flexibility index (Phi) is 11.3. The van der Waals surface area contributed by atoms with Crippen molar-refractivity contribution in [3.63, 3.8) is 0 Å². The highest BCUT2D eigenvalue weighted by molar-refractivity contribution is 5.80. The highest BCUT2D eigenvalue weighted by atomic mass is 16.5. The highest BCUT2D eigenvalue weighted by Gasteiger charge is 2.21. The molecule has 1 aliphatic rings. The van der Waals surface area contributed by atoms with Crippen molar-refractivity contribution in [2.45, 2.75) is 33.2 Å². The van der Waals surface area contributed by atoms with Crippen LogP contribution in [-0.2, 0) is 11.3 Å². The van der Waals surface area contributed by atoms with Crippen LogP contribution < -0.4 is 19.5 Å². The van der Waals surface area contributed by atoms with Crippen LogP contribution in [0.1, 0.15) is 32.3 Å². The minimum atomic E-state index is 0.631. The molecule has 0 spiro atoms. The summed E-state index contributed by atoms with van der Waals surface area (Å²) in [5.74, 6) is 3.04. The Bertz CT molecular complexity index is 651. The number of benzene rings is 1. The fourth-order valence-electron chi connectivity index (χ4n) is 3.67. The first-order chi connectivity index (χ1) is 15.2.